The first-order valence-electron chi connectivity index (χ1n) is 6.13. The van der Waals surface area contributed by atoms with Crippen molar-refractivity contribution in [3.05, 3.63) is 0 Å². The molecule has 0 aromatic heterocycles. The number of hydrogen-bond acceptors (Lipinski definition) is 3. The van der Waals surface area contributed by atoms with Gasteiger partial charge in [0.25, 0.3) is 0 Å². The summed E-state index contributed by atoms with van der Waals surface area (Å²) < 4.78 is 0. The molecule has 0 spiro atoms. The Balaban J connectivity index is 4.62. The van der Waals surface area contributed by atoms with E-state index in [9.17, 15) is 14.4 Å². The molecule has 6 heteroatoms. The Morgan fingerprint density at radius 1 is 1.06 bits per heavy atom. The van der Waals surface area contributed by atoms with Crippen LogP contribution >= 0.6 is 0 Å². The standard InChI is InChI=1S/C12H23N3O3/c1-4-8(10(13)16)6-9(11(14)17)5-7(2)12(18)15-3/h7-9H,4-6H2,1-3H3,(H2,13,16)(H2,14,17)(H,15,18). The summed E-state index contributed by atoms with van der Waals surface area (Å²) in [5.41, 5.74) is 10.5. The normalized spacial score (nSPS) is 15.5. The van der Waals surface area contributed by atoms with Gasteiger partial charge < -0.3 is 16.8 Å². The highest BCUT2D eigenvalue weighted by molar-refractivity contribution is 5.82. The topological polar surface area (TPSA) is 115 Å². The minimum Gasteiger partial charge on any atom is -0.369 e. The lowest BCUT2D eigenvalue weighted by Gasteiger charge is -2.20. The molecule has 0 heterocycles. The molecule has 3 amide bonds. The van der Waals surface area contributed by atoms with E-state index < -0.39 is 17.7 Å². The van der Waals surface area contributed by atoms with Crippen LogP contribution in [0.25, 0.3) is 0 Å². The molecule has 0 aromatic rings. The van der Waals surface area contributed by atoms with E-state index in [0.717, 1.165) is 0 Å². The Morgan fingerprint density at radius 2 is 1.56 bits per heavy atom. The maximum Gasteiger partial charge on any atom is 0.222 e. The molecule has 3 unspecified atom stereocenters. The highest BCUT2D eigenvalue weighted by Crippen LogP contribution is 2.22. The number of primary amides is 2. The van der Waals surface area contributed by atoms with Crippen molar-refractivity contribution in [1.29, 1.82) is 0 Å². The monoisotopic (exact) mass is 257 g/mol. The van der Waals surface area contributed by atoms with Crippen molar-refractivity contribution in [1.82, 2.24) is 5.32 Å². The van der Waals surface area contributed by atoms with E-state index in [1.807, 2.05) is 6.92 Å². The van der Waals surface area contributed by atoms with Crippen molar-refractivity contribution < 1.29 is 14.4 Å². The summed E-state index contributed by atoms with van der Waals surface area (Å²) in [6, 6.07) is 0. The van der Waals surface area contributed by atoms with Crippen molar-refractivity contribution in [3.63, 3.8) is 0 Å². The smallest absolute Gasteiger partial charge is 0.222 e. The predicted molar refractivity (Wildman–Crippen MR) is 68.1 cm³/mol. The number of carbonyl (C=O) groups is 3. The first-order valence-corrected chi connectivity index (χ1v) is 6.13. The Morgan fingerprint density at radius 3 is 1.89 bits per heavy atom. The lowest BCUT2D eigenvalue weighted by atomic mass is 9.85. The lowest BCUT2D eigenvalue weighted by molar-refractivity contribution is -0.127. The van der Waals surface area contributed by atoms with Crippen molar-refractivity contribution in [3.8, 4) is 0 Å². The first-order chi connectivity index (χ1) is 8.33. The zero-order chi connectivity index (χ0) is 14.3. The number of hydrogen-bond donors (Lipinski definition) is 3. The van der Waals surface area contributed by atoms with Crippen molar-refractivity contribution in [2.75, 3.05) is 7.05 Å². The van der Waals surface area contributed by atoms with E-state index in [0.29, 0.717) is 19.3 Å². The average molecular weight is 257 g/mol. The maximum absolute atomic E-state index is 11.4. The minimum absolute atomic E-state index is 0.145. The first kappa shape index (κ1) is 16.4. The van der Waals surface area contributed by atoms with Gasteiger partial charge in [0.2, 0.25) is 17.7 Å². The predicted octanol–water partition coefficient (Wildman–Crippen LogP) is -0.238. The van der Waals surface area contributed by atoms with E-state index >= 15 is 0 Å². The second-order valence-electron chi connectivity index (χ2n) is 4.59. The van der Waals surface area contributed by atoms with Gasteiger partial charge in [0.05, 0.1) is 0 Å². The summed E-state index contributed by atoms with van der Waals surface area (Å²) in [4.78, 5) is 33.9. The molecule has 0 bridgehead atoms. The zero-order valence-electron chi connectivity index (χ0n) is 11.2. The molecule has 0 aromatic carbocycles. The quantitative estimate of drug-likeness (QED) is 0.557. The molecule has 18 heavy (non-hydrogen) atoms. The summed E-state index contributed by atoms with van der Waals surface area (Å²) >= 11 is 0. The molecule has 104 valence electrons. The summed E-state index contributed by atoms with van der Waals surface area (Å²) in [5, 5.41) is 2.52. The highest BCUT2D eigenvalue weighted by atomic mass is 16.2. The van der Waals surface area contributed by atoms with Crippen LogP contribution < -0.4 is 16.8 Å². The van der Waals surface area contributed by atoms with Crippen LogP contribution in [0.3, 0.4) is 0 Å². The highest BCUT2D eigenvalue weighted by Gasteiger charge is 2.26. The number of nitrogens with one attached hydrogen (secondary N) is 1. The Bertz CT molecular complexity index is 318. The number of nitrogens with two attached hydrogens (primary N) is 2. The van der Waals surface area contributed by atoms with Crippen LogP contribution in [0.15, 0.2) is 0 Å². The van der Waals surface area contributed by atoms with Crippen LogP contribution in [0.5, 0.6) is 0 Å². The number of carbonyl (C=O) groups excluding carboxylic acids is 3. The Hall–Kier alpha value is -1.59. The average Bonchev–Trinajstić information content (AvgIpc) is 2.31. The van der Waals surface area contributed by atoms with Crippen molar-refractivity contribution in [2.45, 2.75) is 33.1 Å². The van der Waals surface area contributed by atoms with Gasteiger partial charge in [-0.2, -0.15) is 0 Å². The van der Waals surface area contributed by atoms with Crippen LogP contribution in [0.1, 0.15) is 33.1 Å². The van der Waals surface area contributed by atoms with E-state index in [1.165, 1.54) is 7.05 Å². The number of rotatable bonds is 8. The molecule has 6 nitrogen and oxygen atoms in total. The third-order valence-corrected chi connectivity index (χ3v) is 3.20. The maximum atomic E-state index is 11.4. The third kappa shape index (κ3) is 5.16. The van der Waals surface area contributed by atoms with Crippen LogP contribution in [-0.4, -0.2) is 24.8 Å². The molecule has 3 atom stereocenters. The fourth-order valence-electron chi connectivity index (χ4n) is 1.94. The molecular weight excluding hydrogens is 234 g/mol. The fourth-order valence-corrected chi connectivity index (χ4v) is 1.94. The largest absolute Gasteiger partial charge is 0.369 e. The second-order valence-corrected chi connectivity index (χ2v) is 4.59. The zero-order valence-corrected chi connectivity index (χ0v) is 11.2. The Labute approximate surface area is 107 Å². The van der Waals surface area contributed by atoms with Crippen LogP contribution in [-0.2, 0) is 14.4 Å². The molecule has 0 radical (unpaired) electrons. The van der Waals surface area contributed by atoms with Gasteiger partial charge >= 0.3 is 0 Å². The van der Waals surface area contributed by atoms with Crippen LogP contribution in [0.4, 0.5) is 0 Å². The minimum atomic E-state index is -0.505. The van der Waals surface area contributed by atoms with Gasteiger partial charge in [-0.05, 0) is 19.3 Å². The number of amides is 3. The molecule has 0 aliphatic carbocycles. The van der Waals surface area contributed by atoms with E-state index in [2.05, 4.69) is 5.32 Å². The van der Waals surface area contributed by atoms with Gasteiger partial charge in [0, 0.05) is 24.8 Å². The lowest BCUT2D eigenvalue weighted by Crippen LogP contribution is -2.34. The van der Waals surface area contributed by atoms with Gasteiger partial charge in [-0.15, -0.1) is 0 Å². The molecule has 0 fully saturated rings. The molecule has 5 N–H and O–H groups in total. The molecule has 0 aliphatic rings. The SMILES string of the molecule is CCC(CC(CC(C)C(=O)NC)C(N)=O)C(N)=O. The summed E-state index contributed by atoms with van der Waals surface area (Å²) in [5.74, 6) is -2.28. The van der Waals surface area contributed by atoms with Crippen molar-refractivity contribution in [2.24, 2.45) is 29.2 Å². The molecule has 0 saturated heterocycles. The third-order valence-electron chi connectivity index (χ3n) is 3.20. The van der Waals surface area contributed by atoms with Gasteiger partial charge in [0.15, 0.2) is 0 Å². The van der Waals surface area contributed by atoms with Crippen LogP contribution in [0, 0.1) is 17.8 Å². The van der Waals surface area contributed by atoms with Gasteiger partial charge in [-0.25, -0.2) is 0 Å². The summed E-state index contributed by atoms with van der Waals surface area (Å²) in [6.07, 6.45) is 1.20. The summed E-state index contributed by atoms with van der Waals surface area (Å²) in [6.45, 7) is 3.55. The Kier molecular flexibility index (Phi) is 7.00. The molecule has 0 saturated carbocycles. The van der Waals surface area contributed by atoms with E-state index in [-0.39, 0.29) is 17.7 Å². The fraction of sp³-hybridized carbons (Fsp3) is 0.750. The molecular formula is C12H23N3O3. The second kappa shape index (κ2) is 7.68. The van der Waals surface area contributed by atoms with Crippen molar-refractivity contribution >= 4 is 17.7 Å². The van der Waals surface area contributed by atoms with Gasteiger partial charge in [-0.1, -0.05) is 13.8 Å². The van der Waals surface area contributed by atoms with Crippen LogP contribution in [0.2, 0.25) is 0 Å². The van der Waals surface area contributed by atoms with Gasteiger partial charge in [-0.3, -0.25) is 14.4 Å². The van der Waals surface area contributed by atoms with Gasteiger partial charge in [0.1, 0.15) is 0 Å². The molecule has 0 rings (SSSR count). The summed E-state index contributed by atoms with van der Waals surface area (Å²) in [7, 11) is 1.54. The molecule has 0 aliphatic heterocycles. The van der Waals surface area contributed by atoms with E-state index in [1.54, 1.807) is 6.92 Å². The van der Waals surface area contributed by atoms with E-state index in [4.69, 9.17) is 11.5 Å².